The highest BCUT2D eigenvalue weighted by molar-refractivity contribution is 6.12. The van der Waals surface area contributed by atoms with Gasteiger partial charge in [0, 0.05) is 25.6 Å². The van der Waals surface area contributed by atoms with Gasteiger partial charge in [-0.1, -0.05) is 39.0 Å². The minimum atomic E-state index is -1.63. The van der Waals surface area contributed by atoms with Gasteiger partial charge in [-0.05, 0) is 48.4 Å². The average Bonchev–Trinajstić information content (AvgIpc) is 3.10. The number of benzene rings is 2. The Labute approximate surface area is 176 Å². The molecule has 4 rings (SSSR count). The smallest absolute Gasteiger partial charge is 0.216 e. The highest BCUT2D eigenvalue weighted by atomic mass is 16.3. The standard InChI is InChI=1S/C26H27N2O/c1-16-8-10-20-23-19(15-27)9-7-17(2)24(23)29-25(20)22(16)21-13-18(11-12-28(21)6)14-26(3,4)5/h7-13H,14H2,1-6H3/q+1/i12D,14D2. The van der Waals surface area contributed by atoms with Gasteiger partial charge in [-0.2, -0.15) is 5.26 Å². The summed E-state index contributed by atoms with van der Waals surface area (Å²) in [6.45, 7) is 9.52. The normalized spacial score (nSPS) is 13.9. The fourth-order valence-corrected chi connectivity index (χ4v) is 3.85. The number of nitrogens with zero attached hydrogens (tertiary/aromatic N) is 2. The van der Waals surface area contributed by atoms with Gasteiger partial charge in [-0.15, -0.1) is 0 Å². The zero-order chi connectivity index (χ0) is 23.6. The number of fused-ring (bicyclic) bond motifs is 3. The van der Waals surface area contributed by atoms with Gasteiger partial charge >= 0.3 is 0 Å². The van der Waals surface area contributed by atoms with Crippen LogP contribution in [-0.4, -0.2) is 0 Å². The number of hydrogen-bond acceptors (Lipinski definition) is 2. The van der Waals surface area contributed by atoms with E-state index in [1.165, 1.54) is 0 Å². The monoisotopic (exact) mass is 386 g/mol. The molecule has 2 aromatic carbocycles. The van der Waals surface area contributed by atoms with E-state index in [1.807, 2.05) is 65.0 Å². The maximum Gasteiger partial charge on any atom is 0.216 e. The van der Waals surface area contributed by atoms with Crippen LogP contribution in [-0.2, 0) is 13.4 Å². The molecule has 0 amide bonds. The third-order valence-electron chi connectivity index (χ3n) is 5.16. The number of hydrogen-bond donors (Lipinski definition) is 0. The molecule has 0 bridgehead atoms. The van der Waals surface area contributed by atoms with E-state index in [2.05, 4.69) is 6.07 Å². The zero-order valence-corrected chi connectivity index (χ0v) is 17.8. The first-order valence-corrected chi connectivity index (χ1v) is 9.75. The molecule has 146 valence electrons. The van der Waals surface area contributed by atoms with Crippen molar-refractivity contribution in [3.63, 3.8) is 0 Å². The van der Waals surface area contributed by atoms with Crippen molar-refractivity contribution in [3.05, 3.63) is 64.8 Å². The molecule has 0 unspecified atom stereocenters. The molecule has 3 heteroatoms. The maximum absolute atomic E-state index is 9.67. The summed E-state index contributed by atoms with van der Waals surface area (Å²) >= 11 is 0. The van der Waals surface area contributed by atoms with Crippen molar-refractivity contribution in [2.75, 3.05) is 0 Å². The van der Waals surface area contributed by atoms with Gasteiger partial charge < -0.3 is 4.42 Å². The summed E-state index contributed by atoms with van der Waals surface area (Å²) in [5, 5.41) is 11.3. The van der Waals surface area contributed by atoms with E-state index in [0.29, 0.717) is 28.0 Å². The topological polar surface area (TPSA) is 40.8 Å². The Bertz CT molecular complexity index is 1440. The minimum absolute atomic E-state index is 0.215. The molecule has 29 heavy (non-hydrogen) atoms. The Kier molecular flexibility index (Phi) is 3.66. The molecule has 0 saturated heterocycles. The molecule has 0 fully saturated rings. The van der Waals surface area contributed by atoms with Crippen molar-refractivity contribution >= 4 is 21.9 Å². The van der Waals surface area contributed by atoms with Crippen molar-refractivity contribution in [1.82, 2.24) is 0 Å². The average molecular weight is 387 g/mol. The molecule has 0 aliphatic heterocycles. The second kappa shape index (κ2) is 6.74. The number of rotatable bonds is 2. The highest BCUT2D eigenvalue weighted by Crippen LogP contribution is 2.39. The summed E-state index contributed by atoms with van der Waals surface area (Å²) in [6, 6.07) is 13.4. The first-order chi connectivity index (χ1) is 14.9. The summed E-state index contributed by atoms with van der Waals surface area (Å²) in [4.78, 5) is 0. The highest BCUT2D eigenvalue weighted by Gasteiger charge is 2.23. The van der Waals surface area contributed by atoms with Crippen molar-refractivity contribution in [2.45, 2.75) is 41.0 Å². The predicted octanol–water partition coefficient (Wildman–Crippen LogP) is 6.15. The molecule has 4 aromatic rings. The van der Waals surface area contributed by atoms with E-state index >= 15 is 0 Å². The molecule has 2 aromatic heterocycles. The first-order valence-electron chi connectivity index (χ1n) is 11.3. The van der Waals surface area contributed by atoms with Crippen LogP contribution in [0.5, 0.6) is 0 Å². The number of pyridine rings is 1. The Morgan fingerprint density at radius 3 is 2.52 bits per heavy atom. The molecule has 0 radical (unpaired) electrons. The van der Waals surface area contributed by atoms with Gasteiger partial charge in [0.05, 0.1) is 17.2 Å². The summed E-state index contributed by atoms with van der Waals surface area (Å²) in [5.74, 6) is 0. The van der Waals surface area contributed by atoms with Crippen LogP contribution >= 0.6 is 0 Å². The number of furan rings is 1. The minimum Gasteiger partial charge on any atom is -0.455 e. The fraction of sp³-hybridized carbons (Fsp3) is 0.308. The Morgan fingerprint density at radius 2 is 1.83 bits per heavy atom. The molecule has 0 atom stereocenters. The zero-order valence-electron chi connectivity index (χ0n) is 20.8. The number of nitriles is 1. The van der Waals surface area contributed by atoms with Crippen LogP contribution in [0.2, 0.25) is 0 Å². The van der Waals surface area contributed by atoms with Gasteiger partial charge in [-0.25, -0.2) is 4.57 Å². The van der Waals surface area contributed by atoms with Crippen molar-refractivity contribution in [3.8, 4) is 17.3 Å². The lowest BCUT2D eigenvalue weighted by Crippen LogP contribution is -2.31. The Morgan fingerprint density at radius 1 is 1.10 bits per heavy atom. The quantitative estimate of drug-likeness (QED) is 0.387. The van der Waals surface area contributed by atoms with E-state index in [1.54, 1.807) is 17.7 Å². The van der Waals surface area contributed by atoms with Gasteiger partial charge in [0.15, 0.2) is 6.17 Å². The second-order valence-corrected chi connectivity index (χ2v) is 8.67. The lowest BCUT2D eigenvalue weighted by molar-refractivity contribution is -0.660. The van der Waals surface area contributed by atoms with E-state index in [9.17, 15) is 5.26 Å². The van der Waals surface area contributed by atoms with Gasteiger partial charge in [0.25, 0.3) is 0 Å². The Balaban J connectivity index is 2.13. The van der Waals surface area contributed by atoms with Crippen LogP contribution in [0.1, 0.15) is 47.1 Å². The molecular weight excluding hydrogens is 356 g/mol. The first kappa shape index (κ1) is 15.8. The van der Waals surface area contributed by atoms with E-state index in [-0.39, 0.29) is 6.17 Å². The summed E-state index contributed by atoms with van der Waals surface area (Å²) in [7, 11) is 1.81. The van der Waals surface area contributed by atoms with Crippen molar-refractivity contribution < 1.29 is 13.1 Å². The molecular formula is C26H27N2O+. The molecule has 0 aliphatic rings. The van der Waals surface area contributed by atoms with Crippen LogP contribution in [0.25, 0.3) is 33.2 Å². The second-order valence-electron chi connectivity index (χ2n) is 8.67. The van der Waals surface area contributed by atoms with Gasteiger partial charge in [-0.3, -0.25) is 0 Å². The SMILES string of the molecule is [2H]c1cc(C([2H])([2H])C(C)(C)C)cc(-c2c(C)ccc3c2oc2c(C)ccc(C#N)c23)[n+]1C. The van der Waals surface area contributed by atoms with E-state index in [0.717, 1.165) is 27.5 Å². The number of aromatic nitrogens is 1. The predicted molar refractivity (Wildman–Crippen MR) is 118 cm³/mol. The van der Waals surface area contributed by atoms with Crippen molar-refractivity contribution in [1.29, 1.82) is 5.26 Å². The lowest BCUT2D eigenvalue weighted by Gasteiger charge is -2.18. The van der Waals surface area contributed by atoms with E-state index in [4.69, 9.17) is 8.53 Å². The lowest BCUT2D eigenvalue weighted by atomic mass is 9.87. The van der Waals surface area contributed by atoms with Crippen LogP contribution in [0.3, 0.4) is 0 Å². The van der Waals surface area contributed by atoms with Gasteiger partial charge in [0.1, 0.15) is 19.6 Å². The van der Waals surface area contributed by atoms with Crippen LogP contribution in [0, 0.1) is 30.6 Å². The van der Waals surface area contributed by atoms with Crippen molar-refractivity contribution in [2.24, 2.45) is 12.5 Å². The summed E-state index contributed by atoms with van der Waals surface area (Å²) in [5.41, 5.74) is 5.12. The van der Waals surface area contributed by atoms with Crippen LogP contribution in [0.15, 0.2) is 47.0 Å². The fourth-order valence-electron chi connectivity index (χ4n) is 3.85. The molecule has 0 spiro atoms. The van der Waals surface area contributed by atoms with Gasteiger partial charge in [0.2, 0.25) is 5.69 Å². The molecule has 3 nitrogen and oxygen atoms in total. The van der Waals surface area contributed by atoms with Crippen LogP contribution in [0.4, 0.5) is 0 Å². The summed E-state index contributed by atoms with van der Waals surface area (Å²) in [6.07, 6.45) is -1.42. The maximum atomic E-state index is 9.67. The largest absolute Gasteiger partial charge is 0.455 e. The van der Waals surface area contributed by atoms with E-state index < -0.39 is 11.8 Å². The molecule has 0 aliphatic carbocycles. The molecule has 0 N–H and O–H groups in total. The van der Waals surface area contributed by atoms with Crippen LogP contribution < -0.4 is 4.57 Å². The summed E-state index contributed by atoms with van der Waals surface area (Å²) < 4.78 is 34.1. The molecule has 0 saturated carbocycles. The number of aryl methyl sites for hydroxylation is 2. The Hall–Kier alpha value is -3.12. The third-order valence-corrected chi connectivity index (χ3v) is 5.16. The third kappa shape index (κ3) is 3.29. The molecule has 2 heterocycles.